The van der Waals surface area contributed by atoms with Gasteiger partial charge in [-0.1, -0.05) is 53.5 Å². The maximum atomic E-state index is 13.1. The van der Waals surface area contributed by atoms with Crippen LogP contribution in [0.15, 0.2) is 54.6 Å². The number of anilines is 1. The van der Waals surface area contributed by atoms with Crippen LogP contribution in [0.3, 0.4) is 0 Å². The highest BCUT2D eigenvalue weighted by atomic mass is 35.5. The monoisotopic (exact) mass is 513 g/mol. The van der Waals surface area contributed by atoms with Crippen LogP contribution in [0.25, 0.3) is 10.8 Å². The molecule has 5 rings (SSSR count). The largest absolute Gasteiger partial charge is 0.338 e. The Labute approximate surface area is 213 Å². The van der Waals surface area contributed by atoms with Gasteiger partial charge in [0.1, 0.15) is 0 Å². The van der Waals surface area contributed by atoms with E-state index in [1.807, 2.05) is 36.4 Å². The molecule has 2 aliphatic rings. The van der Waals surface area contributed by atoms with E-state index in [1.165, 1.54) is 9.80 Å². The number of nitrogens with zero attached hydrogens (tertiary/aromatic N) is 2. The molecule has 34 heavy (non-hydrogen) atoms. The first-order valence-electron chi connectivity index (χ1n) is 11.2. The molecule has 0 atom stereocenters. The van der Waals surface area contributed by atoms with Crippen molar-refractivity contribution in [2.75, 3.05) is 44.6 Å². The molecule has 3 aromatic rings. The van der Waals surface area contributed by atoms with Crippen molar-refractivity contribution in [1.82, 2.24) is 9.80 Å². The summed E-state index contributed by atoms with van der Waals surface area (Å²) >= 11 is 17.9. The molecule has 3 aromatic carbocycles. The summed E-state index contributed by atoms with van der Waals surface area (Å²) in [5, 5.41) is 6.39. The molecule has 9 heteroatoms. The van der Waals surface area contributed by atoms with Gasteiger partial charge in [0.15, 0.2) is 5.11 Å². The SMILES string of the molecule is O=C1c2cccc3cccc(c23)C(=O)N1CC[NH+]1CCN(C(=S)Nc2cccc(Cl)c2Cl)CC1. The fourth-order valence-corrected chi connectivity index (χ4v) is 5.26. The molecular formula is C25H23Cl2N4O2S+. The third-order valence-corrected chi connectivity index (χ3v) is 7.67. The van der Waals surface area contributed by atoms with Crippen molar-refractivity contribution in [1.29, 1.82) is 0 Å². The molecule has 1 saturated heterocycles. The number of thiocarbonyl (C=S) groups is 1. The van der Waals surface area contributed by atoms with Gasteiger partial charge >= 0.3 is 0 Å². The van der Waals surface area contributed by atoms with Crippen LogP contribution in [0.2, 0.25) is 10.0 Å². The fraction of sp³-hybridized carbons (Fsp3) is 0.240. The molecule has 0 radical (unpaired) electrons. The van der Waals surface area contributed by atoms with Crippen LogP contribution >= 0.6 is 35.4 Å². The molecule has 2 amide bonds. The lowest BCUT2D eigenvalue weighted by molar-refractivity contribution is -0.903. The lowest BCUT2D eigenvalue weighted by atomic mass is 9.94. The van der Waals surface area contributed by atoms with Crippen molar-refractivity contribution in [2.45, 2.75) is 0 Å². The molecular weight excluding hydrogens is 491 g/mol. The molecule has 0 bridgehead atoms. The smallest absolute Gasteiger partial charge is 0.261 e. The number of nitrogens with one attached hydrogen (secondary N) is 2. The summed E-state index contributed by atoms with van der Waals surface area (Å²) in [7, 11) is 0. The minimum atomic E-state index is -0.212. The van der Waals surface area contributed by atoms with E-state index in [2.05, 4.69) is 10.2 Å². The zero-order chi connectivity index (χ0) is 23.8. The van der Waals surface area contributed by atoms with Gasteiger partial charge in [-0.15, -0.1) is 0 Å². The van der Waals surface area contributed by atoms with Gasteiger partial charge in [-0.2, -0.15) is 0 Å². The van der Waals surface area contributed by atoms with Crippen LogP contribution in [0.1, 0.15) is 20.7 Å². The van der Waals surface area contributed by atoms with E-state index < -0.39 is 0 Å². The van der Waals surface area contributed by atoms with Gasteiger partial charge < -0.3 is 15.1 Å². The van der Waals surface area contributed by atoms with E-state index in [0.29, 0.717) is 45.1 Å². The quantitative estimate of drug-likeness (QED) is 0.413. The first-order chi connectivity index (χ1) is 16.4. The average Bonchev–Trinajstić information content (AvgIpc) is 2.85. The van der Waals surface area contributed by atoms with Gasteiger partial charge in [0.05, 0.1) is 55.0 Å². The Morgan fingerprint density at radius 1 is 0.941 bits per heavy atom. The molecule has 2 heterocycles. The molecule has 0 aliphatic carbocycles. The zero-order valence-corrected chi connectivity index (χ0v) is 20.6. The number of rotatable bonds is 4. The maximum Gasteiger partial charge on any atom is 0.261 e. The van der Waals surface area contributed by atoms with Crippen LogP contribution < -0.4 is 10.2 Å². The predicted molar refractivity (Wildman–Crippen MR) is 139 cm³/mol. The van der Waals surface area contributed by atoms with Gasteiger partial charge in [-0.05, 0) is 41.9 Å². The Bertz CT molecular complexity index is 1260. The van der Waals surface area contributed by atoms with E-state index in [-0.39, 0.29) is 11.8 Å². The highest BCUT2D eigenvalue weighted by molar-refractivity contribution is 7.80. The van der Waals surface area contributed by atoms with Crippen LogP contribution in [-0.4, -0.2) is 66.0 Å². The second-order valence-electron chi connectivity index (χ2n) is 8.49. The lowest BCUT2D eigenvalue weighted by Crippen LogP contribution is -3.15. The van der Waals surface area contributed by atoms with Gasteiger partial charge in [-0.25, -0.2) is 0 Å². The second kappa shape index (κ2) is 9.50. The van der Waals surface area contributed by atoms with Crippen LogP contribution in [0, 0.1) is 0 Å². The summed E-state index contributed by atoms with van der Waals surface area (Å²) in [5.74, 6) is -0.424. The van der Waals surface area contributed by atoms with Crippen molar-refractivity contribution in [3.63, 3.8) is 0 Å². The van der Waals surface area contributed by atoms with Gasteiger partial charge in [0.2, 0.25) is 0 Å². The number of benzene rings is 3. The van der Waals surface area contributed by atoms with Crippen molar-refractivity contribution >= 4 is 68.8 Å². The molecule has 6 nitrogen and oxygen atoms in total. The Hall–Kier alpha value is -2.71. The standard InChI is InChI=1S/C25H22Cl2N4O2S/c26-19-8-3-9-20(22(19)27)28-25(34)30-13-10-29(11-14-30)12-15-31-23(32)17-6-1-4-16-5-2-7-18(21(16)17)24(31)33/h1-9H,10-15H2,(H,28,34)/p+1. The molecule has 0 unspecified atom stereocenters. The summed E-state index contributed by atoms with van der Waals surface area (Å²) in [6.45, 7) is 4.33. The number of carbonyl (C=O) groups is 2. The number of piperazine rings is 1. The lowest BCUT2D eigenvalue weighted by Gasteiger charge is -2.35. The van der Waals surface area contributed by atoms with Crippen molar-refractivity contribution < 1.29 is 14.5 Å². The summed E-state index contributed by atoms with van der Waals surface area (Å²) in [6, 6.07) is 16.6. The Morgan fingerprint density at radius 3 is 2.21 bits per heavy atom. The first-order valence-corrected chi connectivity index (χ1v) is 12.3. The summed E-state index contributed by atoms with van der Waals surface area (Å²) in [4.78, 5) is 31.0. The summed E-state index contributed by atoms with van der Waals surface area (Å²) < 4.78 is 0. The summed E-state index contributed by atoms with van der Waals surface area (Å²) in [6.07, 6.45) is 0. The number of hydrogen-bond donors (Lipinski definition) is 2. The van der Waals surface area contributed by atoms with Gasteiger partial charge in [-0.3, -0.25) is 14.5 Å². The fourth-order valence-electron chi connectivity index (χ4n) is 4.62. The molecule has 0 aromatic heterocycles. The number of halogens is 2. The van der Waals surface area contributed by atoms with E-state index in [4.69, 9.17) is 35.4 Å². The number of hydrogen-bond acceptors (Lipinski definition) is 3. The number of imide groups is 1. The Balaban J connectivity index is 1.18. The molecule has 2 N–H and O–H groups in total. The number of amides is 2. The maximum absolute atomic E-state index is 13.1. The highest BCUT2D eigenvalue weighted by Gasteiger charge is 2.33. The minimum absolute atomic E-state index is 0.212. The van der Waals surface area contributed by atoms with E-state index >= 15 is 0 Å². The van der Waals surface area contributed by atoms with Gasteiger partial charge in [0.25, 0.3) is 11.8 Å². The molecule has 174 valence electrons. The minimum Gasteiger partial charge on any atom is -0.338 e. The molecule has 2 aliphatic heterocycles. The predicted octanol–water partition coefficient (Wildman–Crippen LogP) is 3.34. The van der Waals surface area contributed by atoms with E-state index in [9.17, 15) is 9.59 Å². The Morgan fingerprint density at radius 2 is 1.56 bits per heavy atom. The highest BCUT2D eigenvalue weighted by Crippen LogP contribution is 2.30. The molecule has 0 spiro atoms. The second-order valence-corrected chi connectivity index (χ2v) is 9.66. The number of quaternary nitrogens is 1. The summed E-state index contributed by atoms with van der Waals surface area (Å²) in [5.41, 5.74) is 1.89. The van der Waals surface area contributed by atoms with Crippen LogP contribution in [-0.2, 0) is 0 Å². The third kappa shape index (κ3) is 4.25. The van der Waals surface area contributed by atoms with Crippen LogP contribution in [0.4, 0.5) is 5.69 Å². The molecule has 1 fully saturated rings. The van der Waals surface area contributed by atoms with Crippen molar-refractivity contribution in [3.8, 4) is 0 Å². The van der Waals surface area contributed by atoms with Gasteiger partial charge in [0, 0.05) is 16.5 Å². The average molecular weight is 514 g/mol. The number of carbonyl (C=O) groups excluding carboxylic acids is 2. The first kappa shape index (κ1) is 23.1. The van der Waals surface area contributed by atoms with E-state index in [0.717, 1.165) is 37.0 Å². The van der Waals surface area contributed by atoms with E-state index in [1.54, 1.807) is 18.2 Å². The normalized spacial score (nSPS) is 16.3. The van der Waals surface area contributed by atoms with Crippen molar-refractivity contribution in [2.24, 2.45) is 0 Å². The third-order valence-electron chi connectivity index (χ3n) is 6.50. The topological polar surface area (TPSA) is 57.1 Å². The van der Waals surface area contributed by atoms with Crippen molar-refractivity contribution in [3.05, 3.63) is 75.8 Å². The van der Waals surface area contributed by atoms with Crippen LogP contribution in [0.5, 0.6) is 0 Å². The zero-order valence-electron chi connectivity index (χ0n) is 18.3. The Kier molecular flexibility index (Phi) is 6.44. The molecule has 0 saturated carbocycles.